The van der Waals surface area contributed by atoms with E-state index in [9.17, 15) is 14.7 Å². The molecule has 4 aromatic rings. The highest BCUT2D eigenvalue weighted by atomic mass is 16.8. The van der Waals surface area contributed by atoms with Gasteiger partial charge >= 0.3 is 5.97 Å². The molecule has 284 valence electrons. The second kappa shape index (κ2) is 13.0. The molecule has 1 N–H and O–H groups in total. The molecule has 3 unspecified atom stereocenters. The molecule has 0 bridgehead atoms. The van der Waals surface area contributed by atoms with Crippen LogP contribution in [-0.4, -0.2) is 89.7 Å². The quantitative estimate of drug-likeness (QED) is 0.229. The normalized spacial score (nSPS) is 29.6. The molecule has 3 saturated heterocycles. The zero-order chi connectivity index (χ0) is 38.3. The van der Waals surface area contributed by atoms with E-state index in [1.54, 1.807) is 13.1 Å². The predicted molar refractivity (Wildman–Crippen MR) is 192 cm³/mol. The Morgan fingerprint density at radius 2 is 1.62 bits per heavy atom. The lowest BCUT2D eigenvalue weighted by molar-refractivity contribution is -0.281. The number of esters is 1. The highest BCUT2D eigenvalue weighted by Gasteiger charge is 2.86. The highest BCUT2D eigenvalue weighted by molar-refractivity contribution is 6.28. The SMILES string of the molecule is CO[C@]12CC(=O)O[C@]13C(=O)c1c(cc4cc(OCc5ccccc5)c5c(c4c1O)CN(C)C5=O)C(=O)[C@]3(OC1CCC(OCc3ccccc3)C(C)O1)CO2. The number of benzene rings is 4. The summed E-state index contributed by atoms with van der Waals surface area (Å²) < 4.78 is 43.2. The summed E-state index contributed by atoms with van der Waals surface area (Å²) in [6.45, 7) is 1.97. The maximum atomic E-state index is 15.2. The number of hydrogen-bond donors (Lipinski definition) is 1. The van der Waals surface area contributed by atoms with E-state index in [0.717, 1.165) is 11.1 Å². The monoisotopic (exact) mass is 749 g/mol. The third-order valence-corrected chi connectivity index (χ3v) is 11.6. The van der Waals surface area contributed by atoms with Gasteiger partial charge in [-0.3, -0.25) is 19.2 Å². The zero-order valence-corrected chi connectivity index (χ0v) is 30.5. The Labute approximate surface area is 315 Å². The van der Waals surface area contributed by atoms with E-state index in [2.05, 4.69) is 0 Å². The Morgan fingerprint density at radius 3 is 2.31 bits per heavy atom. The lowest BCUT2D eigenvalue weighted by Crippen LogP contribution is -2.73. The number of ketones is 2. The molecule has 4 heterocycles. The van der Waals surface area contributed by atoms with Crippen LogP contribution in [0.5, 0.6) is 11.5 Å². The smallest absolute Gasteiger partial charge is 0.312 e. The van der Waals surface area contributed by atoms with Crippen LogP contribution < -0.4 is 4.74 Å². The molecule has 1 spiro atoms. The van der Waals surface area contributed by atoms with E-state index < -0.39 is 65.7 Å². The van der Waals surface area contributed by atoms with Crippen LogP contribution in [0, 0.1) is 0 Å². The maximum absolute atomic E-state index is 15.2. The molecule has 0 saturated carbocycles. The first kappa shape index (κ1) is 35.5. The Hall–Kier alpha value is -5.18. The van der Waals surface area contributed by atoms with Crippen LogP contribution >= 0.6 is 0 Å². The summed E-state index contributed by atoms with van der Waals surface area (Å²) in [4.78, 5) is 58.5. The number of phenolic OH excluding ortho intramolecular Hbond substituents is 1. The fraction of sp³-hybridized carbons (Fsp3) is 0.381. The predicted octanol–water partition coefficient (Wildman–Crippen LogP) is 5.01. The van der Waals surface area contributed by atoms with Crippen molar-refractivity contribution in [2.75, 3.05) is 20.8 Å². The Balaban J connectivity index is 1.13. The van der Waals surface area contributed by atoms with Crippen molar-refractivity contribution in [1.82, 2.24) is 4.90 Å². The van der Waals surface area contributed by atoms with Crippen LogP contribution in [0.1, 0.15) is 74.0 Å². The number of Topliss-reactive ketones (excluding diaryl/α,β-unsaturated/α-hetero) is 2. The number of amides is 1. The first-order valence-electron chi connectivity index (χ1n) is 18.3. The van der Waals surface area contributed by atoms with Crippen molar-refractivity contribution in [2.24, 2.45) is 0 Å². The lowest BCUT2D eigenvalue weighted by atomic mass is 9.64. The molecule has 13 heteroatoms. The third-order valence-electron chi connectivity index (χ3n) is 11.6. The number of hydrogen-bond acceptors (Lipinski definition) is 12. The van der Waals surface area contributed by atoms with Crippen molar-refractivity contribution >= 4 is 34.2 Å². The number of carbonyl (C=O) groups excluding carboxylic acids is 4. The van der Waals surface area contributed by atoms with E-state index in [1.165, 1.54) is 18.1 Å². The van der Waals surface area contributed by atoms with Gasteiger partial charge < -0.3 is 43.2 Å². The number of phenols is 1. The first-order valence-corrected chi connectivity index (χ1v) is 18.3. The number of methoxy groups -OCH3 is 1. The standard InChI is InChI=1S/C42H39NO12/c1-23-29(50-20-24-10-6-4-7-11-24)14-15-32(53-23)55-40-22-52-41(49-3)18-31(44)54-42(40,41)38(47)35-27(37(40)46)16-26-17-30(51-21-25-12-8-5-9-13-25)34-28(33(26)36(35)45)19-43(2)39(34)48/h4-13,16-17,23,29,32,45H,14-15,18-22H2,1-3H3/t23?,29?,32?,40-,41+,42+/m1/s1. The van der Waals surface area contributed by atoms with Gasteiger partial charge in [0, 0.05) is 38.1 Å². The Kier molecular flexibility index (Phi) is 8.37. The maximum Gasteiger partial charge on any atom is 0.312 e. The third kappa shape index (κ3) is 5.10. The Morgan fingerprint density at radius 1 is 0.909 bits per heavy atom. The summed E-state index contributed by atoms with van der Waals surface area (Å²) in [6, 6.07) is 22.3. The fourth-order valence-corrected chi connectivity index (χ4v) is 8.92. The minimum atomic E-state index is -2.47. The van der Waals surface area contributed by atoms with Gasteiger partial charge in [-0.25, -0.2) is 0 Å². The van der Waals surface area contributed by atoms with Gasteiger partial charge in [0.25, 0.3) is 11.5 Å². The number of nitrogens with zero attached hydrogens (tertiary/aromatic N) is 1. The molecule has 9 rings (SSSR count). The molecule has 55 heavy (non-hydrogen) atoms. The summed E-state index contributed by atoms with van der Waals surface area (Å²) in [5.74, 6) is -5.18. The van der Waals surface area contributed by atoms with Crippen molar-refractivity contribution in [1.29, 1.82) is 0 Å². The van der Waals surface area contributed by atoms with E-state index in [-0.39, 0.29) is 59.4 Å². The summed E-state index contributed by atoms with van der Waals surface area (Å²) >= 11 is 0. The highest BCUT2D eigenvalue weighted by Crippen LogP contribution is 2.61. The molecule has 13 nitrogen and oxygen atoms in total. The molecular formula is C42H39NO12. The summed E-state index contributed by atoms with van der Waals surface area (Å²) in [7, 11) is 2.88. The molecule has 4 aromatic carbocycles. The lowest BCUT2D eigenvalue weighted by Gasteiger charge is -2.47. The van der Waals surface area contributed by atoms with Crippen LogP contribution in [0.3, 0.4) is 0 Å². The average molecular weight is 750 g/mol. The number of ether oxygens (including phenoxy) is 7. The molecule has 1 amide bonds. The molecule has 0 aromatic heterocycles. The second-order valence-corrected chi connectivity index (χ2v) is 14.8. The van der Waals surface area contributed by atoms with Crippen LogP contribution in [0.15, 0.2) is 72.8 Å². The van der Waals surface area contributed by atoms with Gasteiger partial charge in [-0.05, 0) is 47.6 Å². The molecule has 0 radical (unpaired) electrons. The van der Waals surface area contributed by atoms with E-state index in [0.29, 0.717) is 24.0 Å². The van der Waals surface area contributed by atoms with Gasteiger partial charge in [0.1, 0.15) is 24.5 Å². The van der Waals surface area contributed by atoms with Gasteiger partial charge in [0.15, 0.2) is 6.29 Å². The molecule has 4 aliphatic heterocycles. The minimum absolute atomic E-state index is 0.104. The first-order chi connectivity index (χ1) is 26.5. The number of rotatable bonds is 9. The summed E-state index contributed by atoms with van der Waals surface area (Å²) in [5.41, 5.74) is -2.72. The van der Waals surface area contributed by atoms with E-state index >= 15 is 9.59 Å². The van der Waals surface area contributed by atoms with Gasteiger partial charge in [-0.15, -0.1) is 0 Å². The van der Waals surface area contributed by atoms with Crippen molar-refractivity contribution < 1.29 is 57.4 Å². The van der Waals surface area contributed by atoms with Crippen LogP contribution in [0.25, 0.3) is 10.8 Å². The Bertz CT molecular complexity index is 2260. The minimum Gasteiger partial charge on any atom is -0.507 e. The van der Waals surface area contributed by atoms with Crippen molar-refractivity contribution in [3.63, 3.8) is 0 Å². The van der Waals surface area contributed by atoms with Crippen LogP contribution in [0.2, 0.25) is 0 Å². The van der Waals surface area contributed by atoms with Gasteiger partial charge in [-0.1, -0.05) is 60.7 Å². The zero-order valence-electron chi connectivity index (χ0n) is 30.5. The van der Waals surface area contributed by atoms with Crippen molar-refractivity contribution in [3.8, 4) is 11.5 Å². The summed E-state index contributed by atoms with van der Waals surface area (Å²) in [6.07, 6.45) is -1.51. The average Bonchev–Trinajstić information content (AvgIpc) is 3.76. The number of carbonyl (C=O) groups is 4. The van der Waals surface area contributed by atoms with E-state index in [4.69, 9.17) is 33.2 Å². The number of fused-ring (bicyclic) bond motifs is 4. The largest absolute Gasteiger partial charge is 0.507 e. The van der Waals surface area contributed by atoms with Gasteiger partial charge in [0.2, 0.25) is 23.0 Å². The summed E-state index contributed by atoms with van der Waals surface area (Å²) in [5, 5.41) is 12.7. The van der Waals surface area contributed by atoms with Gasteiger partial charge in [-0.2, -0.15) is 0 Å². The van der Waals surface area contributed by atoms with Crippen LogP contribution in [0.4, 0.5) is 0 Å². The van der Waals surface area contributed by atoms with E-state index in [1.807, 2.05) is 67.6 Å². The van der Waals surface area contributed by atoms with Gasteiger partial charge in [0.05, 0.1) is 36.5 Å². The molecule has 5 aliphatic rings. The fourth-order valence-electron chi connectivity index (χ4n) is 8.92. The molecule has 6 atom stereocenters. The van der Waals surface area contributed by atoms with Crippen LogP contribution in [-0.2, 0) is 53.0 Å². The number of aromatic hydroxyl groups is 1. The molecular weight excluding hydrogens is 710 g/mol. The molecule has 3 fully saturated rings. The second-order valence-electron chi connectivity index (χ2n) is 14.8. The van der Waals surface area contributed by atoms with Crippen molar-refractivity contribution in [2.45, 2.75) is 81.4 Å². The van der Waals surface area contributed by atoms with Crippen molar-refractivity contribution in [3.05, 3.63) is 106 Å². The molecule has 1 aliphatic carbocycles. The topological polar surface area (TPSA) is 156 Å².